The summed E-state index contributed by atoms with van der Waals surface area (Å²) in [6.45, 7) is 1.86. The third-order valence-corrected chi connectivity index (χ3v) is 3.77. The first-order chi connectivity index (χ1) is 12.2. The summed E-state index contributed by atoms with van der Waals surface area (Å²) >= 11 is 0. The molecule has 0 aromatic heterocycles. The average molecular weight is 340 g/mol. The molecule has 0 unspecified atom stereocenters. The van der Waals surface area contributed by atoms with Crippen LogP contribution in [0.1, 0.15) is 22.3 Å². The van der Waals surface area contributed by atoms with Crippen molar-refractivity contribution in [2.75, 3.05) is 26.7 Å². The Kier molecular flexibility index (Phi) is 7.66. The van der Waals surface area contributed by atoms with Gasteiger partial charge in [0.05, 0.1) is 13.2 Å². The third kappa shape index (κ3) is 6.77. The number of carbonyl (C=O) groups is 2. The molecular formula is C20H24N2O3. The standard InChI is InChI=1S/C20H24N2O3/c1-22(14-15-25-16-17-8-4-2-5-9-17)19(23)12-13-21-20(24)18-10-6-3-7-11-18/h2-11H,12-16H2,1H3,(H,21,24). The van der Waals surface area contributed by atoms with Crippen molar-refractivity contribution in [3.63, 3.8) is 0 Å². The Balaban J connectivity index is 1.59. The van der Waals surface area contributed by atoms with Crippen LogP contribution in [0.25, 0.3) is 0 Å². The van der Waals surface area contributed by atoms with E-state index < -0.39 is 0 Å². The van der Waals surface area contributed by atoms with Crippen LogP contribution in [-0.4, -0.2) is 43.5 Å². The predicted octanol–water partition coefficient (Wildman–Crippen LogP) is 2.48. The van der Waals surface area contributed by atoms with Gasteiger partial charge in [-0.1, -0.05) is 48.5 Å². The maximum atomic E-state index is 12.0. The summed E-state index contributed by atoms with van der Waals surface area (Å²) in [6.07, 6.45) is 0.272. The van der Waals surface area contributed by atoms with Crippen molar-refractivity contribution in [3.8, 4) is 0 Å². The number of likely N-dealkylation sites (N-methyl/N-ethyl adjacent to an activating group) is 1. The van der Waals surface area contributed by atoms with Crippen molar-refractivity contribution < 1.29 is 14.3 Å². The number of nitrogens with zero attached hydrogens (tertiary/aromatic N) is 1. The molecule has 0 heterocycles. The van der Waals surface area contributed by atoms with Gasteiger partial charge in [-0.3, -0.25) is 9.59 Å². The van der Waals surface area contributed by atoms with Gasteiger partial charge < -0.3 is 15.0 Å². The number of ether oxygens (including phenoxy) is 1. The molecular weight excluding hydrogens is 316 g/mol. The summed E-state index contributed by atoms with van der Waals surface area (Å²) in [6, 6.07) is 18.9. The second-order valence-corrected chi connectivity index (χ2v) is 5.73. The molecule has 0 fully saturated rings. The Morgan fingerprint density at radius 2 is 1.64 bits per heavy atom. The lowest BCUT2D eigenvalue weighted by atomic mass is 10.2. The molecule has 0 aliphatic carbocycles. The highest BCUT2D eigenvalue weighted by atomic mass is 16.5. The van der Waals surface area contributed by atoms with E-state index >= 15 is 0 Å². The van der Waals surface area contributed by atoms with Gasteiger partial charge in [-0.2, -0.15) is 0 Å². The van der Waals surface area contributed by atoms with Gasteiger partial charge in [0, 0.05) is 32.1 Å². The zero-order valence-corrected chi connectivity index (χ0v) is 14.5. The summed E-state index contributed by atoms with van der Waals surface area (Å²) in [5, 5.41) is 2.76. The van der Waals surface area contributed by atoms with Gasteiger partial charge in [0.15, 0.2) is 0 Å². The average Bonchev–Trinajstić information content (AvgIpc) is 2.66. The van der Waals surface area contributed by atoms with Gasteiger partial charge in [0.2, 0.25) is 5.91 Å². The summed E-state index contributed by atoms with van der Waals surface area (Å²) in [5.41, 5.74) is 1.71. The van der Waals surface area contributed by atoms with Crippen LogP contribution in [0.3, 0.4) is 0 Å². The highest BCUT2D eigenvalue weighted by Gasteiger charge is 2.10. The van der Waals surface area contributed by atoms with Crippen LogP contribution in [0.2, 0.25) is 0 Å². The molecule has 5 nitrogen and oxygen atoms in total. The number of nitrogens with one attached hydrogen (secondary N) is 1. The van der Waals surface area contributed by atoms with Crippen LogP contribution >= 0.6 is 0 Å². The zero-order chi connectivity index (χ0) is 17.9. The first kappa shape index (κ1) is 18.7. The summed E-state index contributed by atoms with van der Waals surface area (Å²) in [4.78, 5) is 25.6. The number of rotatable bonds is 9. The largest absolute Gasteiger partial charge is 0.375 e. The van der Waals surface area contributed by atoms with E-state index in [2.05, 4.69) is 5.32 Å². The Labute approximate surface area is 148 Å². The minimum atomic E-state index is -0.165. The van der Waals surface area contributed by atoms with E-state index in [1.54, 1.807) is 24.1 Å². The topological polar surface area (TPSA) is 58.6 Å². The smallest absolute Gasteiger partial charge is 0.251 e. The van der Waals surface area contributed by atoms with Crippen molar-refractivity contribution in [2.24, 2.45) is 0 Å². The van der Waals surface area contributed by atoms with Gasteiger partial charge in [-0.15, -0.1) is 0 Å². The maximum absolute atomic E-state index is 12.0. The van der Waals surface area contributed by atoms with E-state index in [9.17, 15) is 9.59 Å². The van der Waals surface area contributed by atoms with E-state index in [1.165, 1.54) is 0 Å². The normalized spacial score (nSPS) is 10.3. The lowest BCUT2D eigenvalue weighted by Crippen LogP contribution is -2.34. The molecule has 0 aliphatic rings. The van der Waals surface area contributed by atoms with Crippen molar-refractivity contribution in [1.82, 2.24) is 10.2 Å². The highest BCUT2D eigenvalue weighted by molar-refractivity contribution is 5.94. The number of hydrogen-bond acceptors (Lipinski definition) is 3. The van der Waals surface area contributed by atoms with Gasteiger partial charge >= 0.3 is 0 Å². The van der Waals surface area contributed by atoms with Gasteiger partial charge in [0.25, 0.3) is 5.91 Å². The molecule has 2 aromatic carbocycles. The van der Waals surface area contributed by atoms with Gasteiger partial charge in [0.1, 0.15) is 0 Å². The minimum absolute atomic E-state index is 0.0170. The third-order valence-electron chi connectivity index (χ3n) is 3.77. The zero-order valence-electron chi connectivity index (χ0n) is 14.5. The van der Waals surface area contributed by atoms with E-state index in [4.69, 9.17) is 4.74 Å². The fourth-order valence-electron chi connectivity index (χ4n) is 2.26. The van der Waals surface area contributed by atoms with Crippen molar-refractivity contribution in [3.05, 3.63) is 71.8 Å². The molecule has 1 N–H and O–H groups in total. The van der Waals surface area contributed by atoms with E-state index in [1.807, 2.05) is 48.5 Å². The lowest BCUT2D eigenvalue weighted by molar-refractivity contribution is -0.130. The Morgan fingerprint density at radius 3 is 2.32 bits per heavy atom. The van der Waals surface area contributed by atoms with Crippen LogP contribution in [0, 0.1) is 0 Å². The fourth-order valence-corrected chi connectivity index (χ4v) is 2.26. The van der Waals surface area contributed by atoms with Crippen LogP contribution in [0.5, 0.6) is 0 Å². The molecule has 2 rings (SSSR count). The number of amides is 2. The van der Waals surface area contributed by atoms with Crippen LogP contribution < -0.4 is 5.32 Å². The number of benzene rings is 2. The molecule has 2 aromatic rings. The second-order valence-electron chi connectivity index (χ2n) is 5.73. The molecule has 2 amide bonds. The molecule has 5 heteroatoms. The molecule has 0 saturated heterocycles. The van der Waals surface area contributed by atoms with Crippen molar-refractivity contribution in [1.29, 1.82) is 0 Å². The molecule has 0 saturated carbocycles. The predicted molar refractivity (Wildman–Crippen MR) is 97.1 cm³/mol. The molecule has 132 valence electrons. The summed E-state index contributed by atoms with van der Waals surface area (Å²) in [5.74, 6) is -0.182. The Hall–Kier alpha value is -2.66. The van der Waals surface area contributed by atoms with Gasteiger partial charge in [-0.25, -0.2) is 0 Å². The Morgan fingerprint density at radius 1 is 1.00 bits per heavy atom. The van der Waals surface area contributed by atoms with Crippen LogP contribution in [0.4, 0.5) is 0 Å². The lowest BCUT2D eigenvalue weighted by Gasteiger charge is -2.17. The van der Waals surface area contributed by atoms with E-state index in [0.29, 0.717) is 31.9 Å². The molecule has 25 heavy (non-hydrogen) atoms. The minimum Gasteiger partial charge on any atom is -0.375 e. The molecule has 0 bridgehead atoms. The van der Waals surface area contributed by atoms with Crippen LogP contribution in [-0.2, 0) is 16.1 Å². The SMILES string of the molecule is CN(CCOCc1ccccc1)C(=O)CCNC(=O)c1ccccc1. The second kappa shape index (κ2) is 10.3. The molecule has 0 spiro atoms. The van der Waals surface area contributed by atoms with Crippen molar-refractivity contribution >= 4 is 11.8 Å². The van der Waals surface area contributed by atoms with E-state index in [-0.39, 0.29) is 18.2 Å². The molecule has 0 aliphatic heterocycles. The van der Waals surface area contributed by atoms with Gasteiger partial charge in [-0.05, 0) is 17.7 Å². The highest BCUT2D eigenvalue weighted by Crippen LogP contribution is 2.01. The fraction of sp³-hybridized carbons (Fsp3) is 0.300. The van der Waals surface area contributed by atoms with Crippen molar-refractivity contribution in [2.45, 2.75) is 13.0 Å². The summed E-state index contributed by atoms with van der Waals surface area (Å²) in [7, 11) is 1.74. The monoisotopic (exact) mass is 340 g/mol. The summed E-state index contributed by atoms with van der Waals surface area (Å²) < 4.78 is 5.58. The van der Waals surface area contributed by atoms with E-state index in [0.717, 1.165) is 5.56 Å². The number of carbonyl (C=O) groups excluding carboxylic acids is 2. The number of hydrogen-bond donors (Lipinski definition) is 1. The Bertz CT molecular complexity index is 659. The van der Waals surface area contributed by atoms with Crippen LogP contribution in [0.15, 0.2) is 60.7 Å². The first-order valence-electron chi connectivity index (χ1n) is 8.35. The molecule has 0 radical (unpaired) electrons. The molecule has 0 atom stereocenters. The maximum Gasteiger partial charge on any atom is 0.251 e. The first-order valence-corrected chi connectivity index (χ1v) is 8.35. The quantitative estimate of drug-likeness (QED) is 0.714.